The molecule has 148 valence electrons. The van der Waals surface area contributed by atoms with Gasteiger partial charge in [-0.15, -0.1) is 0 Å². The van der Waals surface area contributed by atoms with Crippen LogP contribution in [0.5, 0.6) is 0 Å². The van der Waals surface area contributed by atoms with Crippen molar-refractivity contribution in [1.82, 2.24) is 0 Å². The third-order valence-corrected chi connectivity index (χ3v) is 6.70. The number of halogens is 2. The Labute approximate surface area is 188 Å². The largest absolute Gasteiger partial charge is 0.481 e. The fourth-order valence-electron chi connectivity index (χ4n) is 4.54. The molecule has 3 atom stereocenters. The van der Waals surface area contributed by atoms with E-state index in [9.17, 15) is 15.2 Å². The van der Waals surface area contributed by atoms with Gasteiger partial charge in [-0.1, -0.05) is 75.0 Å². The summed E-state index contributed by atoms with van der Waals surface area (Å²) in [7, 11) is 0. The van der Waals surface area contributed by atoms with Gasteiger partial charge in [0.15, 0.2) is 0 Å². The van der Waals surface area contributed by atoms with E-state index >= 15 is 0 Å². The molecule has 29 heavy (non-hydrogen) atoms. The first-order valence-corrected chi connectivity index (χ1v) is 10.8. The summed E-state index contributed by atoms with van der Waals surface area (Å²) in [5.41, 5.74) is 1.62. The van der Waals surface area contributed by atoms with Gasteiger partial charge in [0, 0.05) is 5.92 Å². The summed E-state index contributed by atoms with van der Waals surface area (Å²) in [6, 6.07) is 19.6. The Morgan fingerprint density at radius 2 is 1.79 bits per heavy atom. The van der Waals surface area contributed by atoms with Gasteiger partial charge in [-0.2, -0.15) is 5.26 Å². The van der Waals surface area contributed by atoms with E-state index in [4.69, 9.17) is 0 Å². The molecular weight excluding hydrogens is 494 g/mol. The van der Waals surface area contributed by atoms with E-state index in [2.05, 4.69) is 44.5 Å². The van der Waals surface area contributed by atoms with Crippen molar-refractivity contribution in [3.05, 3.63) is 87.3 Å². The highest BCUT2D eigenvalue weighted by molar-refractivity contribution is 9.28. The van der Waals surface area contributed by atoms with Crippen LogP contribution in [0.15, 0.2) is 70.6 Å². The molecule has 0 radical (unpaired) electrons. The van der Waals surface area contributed by atoms with E-state index in [1.165, 1.54) is 0 Å². The van der Waals surface area contributed by atoms with Crippen LogP contribution < -0.4 is 0 Å². The molecule has 1 saturated carbocycles. The van der Waals surface area contributed by atoms with Crippen molar-refractivity contribution in [2.75, 3.05) is 0 Å². The van der Waals surface area contributed by atoms with E-state index in [-0.39, 0.29) is 5.92 Å². The Balaban J connectivity index is 2.07. The van der Waals surface area contributed by atoms with Crippen LogP contribution in [0.2, 0.25) is 0 Å². The van der Waals surface area contributed by atoms with E-state index in [0.717, 1.165) is 16.7 Å². The van der Waals surface area contributed by atoms with Gasteiger partial charge in [0.05, 0.1) is 15.4 Å². The number of hydrogen-bond acceptors (Lipinski definition) is 2. The smallest absolute Gasteiger partial charge is 0.312 e. The Kier molecular flexibility index (Phi) is 5.89. The van der Waals surface area contributed by atoms with E-state index in [1.807, 2.05) is 74.5 Å². The minimum absolute atomic E-state index is 0.285. The maximum absolute atomic E-state index is 12.5. The van der Waals surface area contributed by atoms with Gasteiger partial charge in [0.1, 0.15) is 5.41 Å². The fourth-order valence-corrected chi connectivity index (χ4v) is 5.07. The zero-order chi connectivity index (χ0) is 21.4. The van der Waals surface area contributed by atoms with Crippen LogP contribution in [-0.4, -0.2) is 11.1 Å². The molecule has 3 rings (SSSR count). The van der Waals surface area contributed by atoms with Crippen LogP contribution in [-0.2, 0) is 4.79 Å². The van der Waals surface area contributed by atoms with Crippen LogP contribution in [0.1, 0.15) is 36.5 Å². The summed E-state index contributed by atoms with van der Waals surface area (Å²) in [6.07, 6.45) is 1.84. The lowest BCUT2D eigenvalue weighted by atomic mass is 9.78. The number of rotatable bonds is 6. The van der Waals surface area contributed by atoms with Gasteiger partial charge in [0.25, 0.3) is 0 Å². The van der Waals surface area contributed by atoms with Crippen LogP contribution in [0.4, 0.5) is 0 Å². The molecule has 0 bridgehead atoms. The molecule has 0 saturated heterocycles. The van der Waals surface area contributed by atoms with Crippen molar-refractivity contribution in [3.63, 3.8) is 0 Å². The number of nitrogens with zero attached hydrogens (tertiary/aromatic N) is 1. The number of allylic oxidation sites excluding steroid dienone is 1. The van der Waals surface area contributed by atoms with Crippen LogP contribution >= 0.6 is 31.9 Å². The monoisotopic (exact) mass is 513 g/mol. The molecule has 2 aromatic carbocycles. The van der Waals surface area contributed by atoms with Gasteiger partial charge in [0.2, 0.25) is 0 Å². The van der Waals surface area contributed by atoms with E-state index < -0.39 is 22.7 Å². The summed E-state index contributed by atoms with van der Waals surface area (Å²) >= 11 is 6.68. The number of carbonyl (C=O) groups is 1. The number of carboxylic acids is 1. The van der Waals surface area contributed by atoms with Gasteiger partial charge < -0.3 is 5.11 Å². The van der Waals surface area contributed by atoms with Crippen molar-refractivity contribution in [2.24, 2.45) is 16.7 Å². The van der Waals surface area contributed by atoms with Crippen LogP contribution in [0.3, 0.4) is 0 Å². The summed E-state index contributed by atoms with van der Waals surface area (Å²) < 4.78 is 0.689. The molecule has 0 aromatic heterocycles. The number of nitriles is 1. The first-order valence-electron chi connectivity index (χ1n) is 9.18. The topological polar surface area (TPSA) is 61.1 Å². The summed E-state index contributed by atoms with van der Waals surface area (Å²) in [5.74, 6) is -2.03. The zero-order valence-electron chi connectivity index (χ0n) is 16.2. The minimum Gasteiger partial charge on any atom is -0.481 e. The van der Waals surface area contributed by atoms with Crippen molar-refractivity contribution in [2.45, 2.75) is 19.8 Å². The fraction of sp³-hybridized carbons (Fsp3) is 0.250. The molecule has 1 aliphatic rings. The van der Waals surface area contributed by atoms with Crippen molar-refractivity contribution < 1.29 is 9.90 Å². The highest BCUT2D eigenvalue weighted by atomic mass is 79.9. The molecule has 0 spiro atoms. The minimum atomic E-state index is -1.21. The molecule has 0 aliphatic heterocycles. The normalized spacial score (nSPS) is 22.8. The number of benzene rings is 2. The quantitative estimate of drug-likeness (QED) is 0.465. The number of carboxylic acid groups (broad SMARTS) is 1. The summed E-state index contributed by atoms with van der Waals surface area (Å²) in [4.78, 5) is 12.5. The lowest BCUT2D eigenvalue weighted by Crippen LogP contribution is -2.28. The average Bonchev–Trinajstić information content (AvgIpc) is 3.17. The summed E-state index contributed by atoms with van der Waals surface area (Å²) in [5, 5.41) is 20.3. The maximum atomic E-state index is 12.5. The molecule has 1 N–H and O–H groups in total. The highest BCUT2D eigenvalue weighted by Crippen LogP contribution is 2.75. The third-order valence-electron chi connectivity index (χ3n) is 6.17. The maximum Gasteiger partial charge on any atom is 0.312 e. The van der Waals surface area contributed by atoms with Crippen molar-refractivity contribution in [1.29, 1.82) is 5.26 Å². The average molecular weight is 515 g/mol. The van der Waals surface area contributed by atoms with Gasteiger partial charge in [-0.25, -0.2) is 0 Å². The number of hydrogen-bond donors (Lipinski definition) is 1. The van der Waals surface area contributed by atoms with Gasteiger partial charge >= 0.3 is 5.97 Å². The van der Waals surface area contributed by atoms with Gasteiger partial charge in [-0.05, 0) is 65.6 Å². The number of aliphatic carboxylic acids is 1. The molecular formula is C24H21Br2NO2. The van der Waals surface area contributed by atoms with Crippen molar-refractivity contribution in [3.8, 4) is 6.07 Å². The Bertz CT molecular complexity index is 1030. The molecule has 1 fully saturated rings. The van der Waals surface area contributed by atoms with Crippen molar-refractivity contribution >= 4 is 43.4 Å². The van der Waals surface area contributed by atoms with Gasteiger partial charge in [-0.3, -0.25) is 4.79 Å². The second kappa shape index (κ2) is 7.93. The second-order valence-corrected chi connectivity index (χ2v) is 10.6. The van der Waals surface area contributed by atoms with Crippen LogP contribution in [0.25, 0.3) is 5.57 Å². The Hall–Kier alpha value is -2.16. The highest BCUT2D eigenvalue weighted by Gasteiger charge is 2.78. The molecule has 0 heterocycles. The second-order valence-electron chi connectivity index (χ2n) is 7.86. The molecule has 3 nitrogen and oxygen atoms in total. The summed E-state index contributed by atoms with van der Waals surface area (Å²) in [6.45, 7) is 8.01. The first-order chi connectivity index (χ1) is 13.7. The van der Waals surface area contributed by atoms with E-state index in [1.54, 1.807) is 0 Å². The third kappa shape index (κ3) is 3.49. The van der Waals surface area contributed by atoms with Crippen LogP contribution in [0, 0.1) is 28.1 Å². The SMILES string of the molecule is C=C(c1ccccc1)c1cccc(C(C#N)[C@]2(C(=O)O)[C@@H](C=C(Br)Br)C2(C)C)c1. The lowest BCUT2D eigenvalue weighted by molar-refractivity contribution is -0.145. The molecule has 2 aromatic rings. The Morgan fingerprint density at radius 1 is 1.17 bits per heavy atom. The zero-order valence-corrected chi connectivity index (χ0v) is 19.4. The molecule has 1 unspecified atom stereocenters. The lowest BCUT2D eigenvalue weighted by Gasteiger charge is -2.22. The molecule has 1 aliphatic carbocycles. The standard InChI is InChI=1S/C24H21Br2NO2/c1-15(16-8-5-4-6-9-16)17-10-7-11-18(12-17)19(14-27)24(22(28)29)20(13-21(25)26)23(24,2)3/h4-13,19-20H,1H2,2-3H3,(H,28,29)/t19?,20-,24+/m0/s1. The first kappa shape index (κ1) is 21.5. The predicted molar refractivity (Wildman–Crippen MR) is 123 cm³/mol. The molecule has 0 amide bonds. The molecule has 5 heteroatoms. The Morgan fingerprint density at radius 3 is 2.34 bits per heavy atom. The predicted octanol–water partition coefficient (Wildman–Crippen LogP) is 6.71. The van der Waals surface area contributed by atoms with E-state index in [0.29, 0.717) is 8.96 Å².